The van der Waals surface area contributed by atoms with Crippen LogP contribution >= 0.6 is 0 Å². The van der Waals surface area contributed by atoms with Gasteiger partial charge < -0.3 is 9.52 Å². The van der Waals surface area contributed by atoms with Crippen LogP contribution < -0.4 is 0 Å². The maximum atomic E-state index is 10.9. The average Bonchev–Trinajstić information content (AvgIpc) is 2.71. The van der Waals surface area contributed by atoms with Gasteiger partial charge in [0.1, 0.15) is 11.5 Å². The van der Waals surface area contributed by atoms with E-state index >= 15 is 0 Å². The number of carboxylic acids is 1. The van der Waals surface area contributed by atoms with Gasteiger partial charge >= 0.3 is 5.97 Å². The van der Waals surface area contributed by atoms with E-state index in [1.54, 1.807) is 18.2 Å². The lowest BCUT2D eigenvalue weighted by Crippen LogP contribution is -1.96. The number of aromatic nitrogens is 1. The van der Waals surface area contributed by atoms with Crippen LogP contribution in [0.2, 0.25) is 0 Å². The molecule has 0 atom stereocenters. The summed E-state index contributed by atoms with van der Waals surface area (Å²) in [7, 11) is 0. The molecule has 0 fully saturated rings. The summed E-state index contributed by atoms with van der Waals surface area (Å²) in [5.74, 6) is 0.436. The van der Waals surface area contributed by atoms with Gasteiger partial charge in [0.15, 0.2) is 5.89 Å². The first-order valence-electron chi connectivity index (χ1n) is 5.42. The summed E-state index contributed by atoms with van der Waals surface area (Å²) < 4.78 is 5.46. The second kappa shape index (κ2) is 4.41. The summed E-state index contributed by atoms with van der Waals surface area (Å²) in [4.78, 5) is 15.2. The van der Waals surface area contributed by atoms with Crippen molar-refractivity contribution in [2.45, 2.75) is 20.3 Å². The van der Waals surface area contributed by atoms with Gasteiger partial charge in [-0.1, -0.05) is 19.1 Å². The number of hydrogen-bond acceptors (Lipinski definition) is 3. The number of carbonyl (C=O) groups is 1. The van der Waals surface area contributed by atoms with Gasteiger partial charge in [0.05, 0.1) is 5.56 Å². The Morgan fingerprint density at radius 3 is 2.82 bits per heavy atom. The molecule has 1 aromatic heterocycles. The summed E-state index contributed by atoms with van der Waals surface area (Å²) in [6, 6.07) is 6.70. The molecule has 0 bridgehead atoms. The summed E-state index contributed by atoms with van der Waals surface area (Å²) in [5.41, 5.74) is 1.73. The lowest BCUT2D eigenvalue weighted by Gasteiger charge is -1.99. The third-order valence-electron chi connectivity index (χ3n) is 2.53. The highest BCUT2D eigenvalue weighted by molar-refractivity contribution is 5.89. The fourth-order valence-corrected chi connectivity index (χ4v) is 1.67. The Balaban J connectivity index is 2.48. The number of benzene rings is 1. The Bertz CT molecular complexity index is 558. The molecule has 1 N–H and O–H groups in total. The monoisotopic (exact) mass is 231 g/mol. The quantitative estimate of drug-likeness (QED) is 0.882. The van der Waals surface area contributed by atoms with E-state index in [1.165, 1.54) is 0 Å². The van der Waals surface area contributed by atoms with Gasteiger partial charge in [-0.15, -0.1) is 0 Å². The molecule has 2 aromatic rings. The van der Waals surface area contributed by atoms with E-state index in [4.69, 9.17) is 9.52 Å². The zero-order valence-corrected chi connectivity index (χ0v) is 9.73. The molecule has 0 spiro atoms. The smallest absolute Gasteiger partial charge is 0.335 e. The van der Waals surface area contributed by atoms with Crippen LogP contribution in [0.15, 0.2) is 28.7 Å². The number of oxazole rings is 1. The normalized spacial score (nSPS) is 10.5. The second-order valence-corrected chi connectivity index (χ2v) is 3.75. The van der Waals surface area contributed by atoms with Crippen LogP contribution in [-0.2, 0) is 6.42 Å². The summed E-state index contributed by atoms with van der Waals surface area (Å²) in [6.07, 6.45) is 0.722. The molecule has 4 heteroatoms. The number of nitrogens with zero attached hydrogens (tertiary/aromatic N) is 1. The number of aromatic carboxylic acids is 1. The van der Waals surface area contributed by atoms with E-state index in [0.717, 1.165) is 12.0 Å². The molecule has 2 rings (SSSR count). The molecular formula is C13H13NO3. The van der Waals surface area contributed by atoms with Gasteiger partial charge in [-0.3, -0.25) is 0 Å². The summed E-state index contributed by atoms with van der Waals surface area (Å²) in [5, 5.41) is 8.93. The van der Waals surface area contributed by atoms with Gasteiger partial charge in [-0.2, -0.15) is 0 Å². The van der Waals surface area contributed by atoms with E-state index in [9.17, 15) is 4.79 Å². The summed E-state index contributed by atoms with van der Waals surface area (Å²) in [6.45, 7) is 3.79. The Kier molecular flexibility index (Phi) is 2.95. The average molecular weight is 231 g/mol. The molecule has 17 heavy (non-hydrogen) atoms. The highest BCUT2D eigenvalue weighted by atomic mass is 16.4. The van der Waals surface area contributed by atoms with Crippen molar-refractivity contribution in [3.8, 4) is 11.3 Å². The molecule has 1 aromatic carbocycles. The van der Waals surface area contributed by atoms with Crippen LogP contribution in [-0.4, -0.2) is 16.1 Å². The van der Waals surface area contributed by atoms with Gasteiger partial charge in [-0.25, -0.2) is 9.78 Å². The third-order valence-corrected chi connectivity index (χ3v) is 2.53. The fraction of sp³-hybridized carbons (Fsp3) is 0.231. The van der Waals surface area contributed by atoms with E-state index in [2.05, 4.69) is 4.98 Å². The minimum Gasteiger partial charge on any atom is -0.478 e. The first-order valence-corrected chi connectivity index (χ1v) is 5.42. The van der Waals surface area contributed by atoms with E-state index in [0.29, 0.717) is 17.3 Å². The van der Waals surface area contributed by atoms with Gasteiger partial charge in [0.2, 0.25) is 0 Å². The number of aryl methyl sites for hydroxylation is 2. The summed E-state index contributed by atoms with van der Waals surface area (Å²) >= 11 is 0. The van der Waals surface area contributed by atoms with Crippen molar-refractivity contribution in [1.82, 2.24) is 4.98 Å². The van der Waals surface area contributed by atoms with Crippen LogP contribution in [0, 0.1) is 6.92 Å². The molecule has 0 amide bonds. The lowest BCUT2D eigenvalue weighted by molar-refractivity contribution is 0.0697. The van der Waals surface area contributed by atoms with Gasteiger partial charge in [-0.05, 0) is 19.1 Å². The maximum absolute atomic E-state index is 10.9. The first-order chi connectivity index (χ1) is 8.11. The predicted octanol–water partition coefficient (Wildman–Crippen LogP) is 2.91. The van der Waals surface area contributed by atoms with Crippen molar-refractivity contribution < 1.29 is 14.3 Å². The van der Waals surface area contributed by atoms with Crippen LogP contribution in [0.25, 0.3) is 11.3 Å². The van der Waals surface area contributed by atoms with E-state index in [-0.39, 0.29) is 5.56 Å². The molecule has 0 aliphatic heterocycles. The number of hydrogen-bond donors (Lipinski definition) is 1. The SMILES string of the molecule is CCc1nc(-c2cccc(C(=O)O)c2)c(C)o1. The highest BCUT2D eigenvalue weighted by Crippen LogP contribution is 2.24. The largest absolute Gasteiger partial charge is 0.478 e. The minimum absolute atomic E-state index is 0.253. The molecule has 88 valence electrons. The molecule has 1 heterocycles. The number of rotatable bonds is 3. The van der Waals surface area contributed by atoms with Crippen molar-refractivity contribution in [2.24, 2.45) is 0 Å². The van der Waals surface area contributed by atoms with E-state index in [1.807, 2.05) is 19.9 Å². The van der Waals surface area contributed by atoms with Crippen LogP contribution in [0.4, 0.5) is 0 Å². The molecular weight excluding hydrogens is 218 g/mol. The lowest BCUT2D eigenvalue weighted by atomic mass is 10.1. The Morgan fingerprint density at radius 1 is 1.47 bits per heavy atom. The Morgan fingerprint density at radius 2 is 2.24 bits per heavy atom. The number of carboxylic acid groups (broad SMARTS) is 1. The Labute approximate surface area is 98.9 Å². The minimum atomic E-state index is -0.941. The predicted molar refractivity (Wildman–Crippen MR) is 63.0 cm³/mol. The zero-order chi connectivity index (χ0) is 12.4. The van der Waals surface area contributed by atoms with Gasteiger partial charge in [0.25, 0.3) is 0 Å². The van der Waals surface area contributed by atoms with Crippen molar-refractivity contribution in [1.29, 1.82) is 0 Å². The molecule has 0 saturated heterocycles. The topological polar surface area (TPSA) is 63.3 Å². The highest BCUT2D eigenvalue weighted by Gasteiger charge is 2.12. The standard InChI is InChI=1S/C13H13NO3/c1-3-11-14-12(8(2)17-11)9-5-4-6-10(7-9)13(15)16/h4-7H,3H2,1-2H3,(H,15,16). The maximum Gasteiger partial charge on any atom is 0.335 e. The van der Waals surface area contributed by atoms with Gasteiger partial charge in [0, 0.05) is 12.0 Å². The zero-order valence-electron chi connectivity index (χ0n) is 9.73. The van der Waals surface area contributed by atoms with Crippen LogP contribution in [0.1, 0.15) is 28.9 Å². The first kappa shape index (κ1) is 11.4. The Hall–Kier alpha value is -2.10. The second-order valence-electron chi connectivity index (χ2n) is 3.75. The third kappa shape index (κ3) is 2.20. The van der Waals surface area contributed by atoms with Crippen LogP contribution in [0.3, 0.4) is 0 Å². The molecule has 4 nitrogen and oxygen atoms in total. The van der Waals surface area contributed by atoms with Crippen molar-refractivity contribution in [3.05, 3.63) is 41.5 Å². The fourth-order valence-electron chi connectivity index (χ4n) is 1.67. The molecule has 0 aliphatic rings. The molecule has 0 saturated carbocycles. The van der Waals surface area contributed by atoms with Crippen LogP contribution in [0.5, 0.6) is 0 Å². The van der Waals surface area contributed by atoms with Crippen molar-refractivity contribution in [2.75, 3.05) is 0 Å². The molecule has 0 unspecified atom stereocenters. The van der Waals surface area contributed by atoms with Crippen molar-refractivity contribution in [3.63, 3.8) is 0 Å². The molecule has 0 radical (unpaired) electrons. The van der Waals surface area contributed by atoms with Crippen molar-refractivity contribution >= 4 is 5.97 Å². The molecule has 0 aliphatic carbocycles. The van der Waals surface area contributed by atoms with E-state index < -0.39 is 5.97 Å².